The zero-order valence-corrected chi connectivity index (χ0v) is 17.4. The van der Waals surface area contributed by atoms with Gasteiger partial charge in [-0.05, 0) is 30.3 Å². The maximum absolute atomic E-state index is 14.2. The van der Waals surface area contributed by atoms with Gasteiger partial charge in [0.15, 0.2) is 0 Å². The summed E-state index contributed by atoms with van der Waals surface area (Å²) < 4.78 is 19.2. The normalized spacial score (nSPS) is 10.8. The monoisotopic (exact) mass is 459 g/mol. The van der Waals surface area contributed by atoms with E-state index in [9.17, 15) is 9.18 Å². The fourth-order valence-corrected chi connectivity index (χ4v) is 4.05. The molecule has 0 aliphatic carbocycles. The smallest absolute Gasteiger partial charge is 0.449 e. The van der Waals surface area contributed by atoms with Crippen LogP contribution in [-0.4, -0.2) is 16.2 Å². The molecule has 0 spiro atoms. The van der Waals surface area contributed by atoms with Crippen molar-refractivity contribution in [1.82, 2.24) is 4.98 Å². The van der Waals surface area contributed by atoms with Crippen molar-refractivity contribution in [2.75, 3.05) is 0 Å². The van der Waals surface area contributed by atoms with E-state index in [0.717, 1.165) is 5.56 Å². The second-order valence-corrected chi connectivity index (χ2v) is 7.90. The van der Waals surface area contributed by atoms with E-state index < -0.39 is 12.0 Å². The van der Waals surface area contributed by atoms with E-state index >= 15 is 0 Å². The SMILES string of the molecule is O=C(O)Oc1cc(-c2nc(-c3ccc(Cl)c(Cl)c3)cs2)ccc1-c1ccccc1F. The Bertz CT molecular complexity index is 1260. The lowest BCUT2D eigenvalue weighted by atomic mass is 10.0. The Morgan fingerprint density at radius 1 is 0.967 bits per heavy atom. The van der Waals surface area contributed by atoms with Crippen molar-refractivity contribution < 1.29 is 19.0 Å². The number of halogens is 3. The number of ether oxygens (including phenoxy) is 1. The molecule has 0 fully saturated rings. The minimum Gasteiger partial charge on any atom is -0.449 e. The highest BCUT2D eigenvalue weighted by Crippen LogP contribution is 2.38. The summed E-state index contributed by atoms with van der Waals surface area (Å²) in [4.78, 5) is 15.8. The van der Waals surface area contributed by atoms with Gasteiger partial charge in [0.1, 0.15) is 16.6 Å². The van der Waals surface area contributed by atoms with Crippen molar-refractivity contribution >= 4 is 40.7 Å². The molecular formula is C22H12Cl2FNO3S. The summed E-state index contributed by atoms with van der Waals surface area (Å²) in [7, 11) is 0. The van der Waals surface area contributed by atoms with E-state index in [1.165, 1.54) is 23.5 Å². The molecule has 1 aromatic heterocycles. The number of carboxylic acid groups (broad SMARTS) is 1. The lowest BCUT2D eigenvalue weighted by Gasteiger charge is -2.10. The summed E-state index contributed by atoms with van der Waals surface area (Å²) in [5.41, 5.74) is 2.73. The first-order chi connectivity index (χ1) is 14.4. The summed E-state index contributed by atoms with van der Waals surface area (Å²) in [6.45, 7) is 0. The first-order valence-corrected chi connectivity index (χ1v) is 10.3. The zero-order chi connectivity index (χ0) is 21.3. The Labute approximate surface area is 185 Å². The average Bonchev–Trinajstić information content (AvgIpc) is 3.20. The number of aromatic nitrogens is 1. The van der Waals surface area contributed by atoms with Crippen molar-refractivity contribution in [3.05, 3.63) is 81.9 Å². The maximum Gasteiger partial charge on any atom is 0.511 e. The number of hydrogen-bond acceptors (Lipinski definition) is 4. The van der Waals surface area contributed by atoms with Gasteiger partial charge in [-0.25, -0.2) is 14.2 Å². The molecule has 30 heavy (non-hydrogen) atoms. The van der Waals surface area contributed by atoms with Crippen LogP contribution in [0.4, 0.5) is 9.18 Å². The summed E-state index contributed by atoms with van der Waals surface area (Å²) in [6, 6.07) is 16.2. The molecule has 0 radical (unpaired) electrons. The Morgan fingerprint density at radius 2 is 1.73 bits per heavy atom. The molecule has 8 heteroatoms. The van der Waals surface area contributed by atoms with Gasteiger partial charge in [0.2, 0.25) is 0 Å². The molecule has 0 atom stereocenters. The van der Waals surface area contributed by atoms with Crippen LogP contribution in [0.5, 0.6) is 5.75 Å². The number of nitrogens with zero attached hydrogens (tertiary/aromatic N) is 1. The van der Waals surface area contributed by atoms with Crippen LogP contribution in [0.2, 0.25) is 10.0 Å². The molecule has 4 aromatic rings. The summed E-state index contributed by atoms with van der Waals surface area (Å²) in [5, 5.41) is 12.5. The van der Waals surface area contributed by atoms with Gasteiger partial charge in [0.05, 0.1) is 15.7 Å². The Kier molecular flexibility index (Phi) is 5.72. The Balaban J connectivity index is 1.75. The van der Waals surface area contributed by atoms with Crippen molar-refractivity contribution in [2.24, 2.45) is 0 Å². The number of carbonyl (C=O) groups is 1. The molecule has 150 valence electrons. The van der Waals surface area contributed by atoms with Crippen molar-refractivity contribution in [2.45, 2.75) is 0 Å². The molecule has 0 unspecified atom stereocenters. The third-order valence-corrected chi connectivity index (χ3v) is 5.94. The number of hydrogen-bond donors (Lipinski definition) is 1. The zero-order valence-electron chi connectivity index (χ0n) is 15.1. The van der Waals surface area contributed by atoms with Crippen LogP contribution < -0.4 is 4.74 Å². The van der Waals surface area contributed by atoms with Gasteiger partial charge in [-0.1, -0.05) is 53.5 Å². The van der Waals surface area contributed by atoms with Crippen molar-refractivity contribution in [1.29, 1.82) is 0 Å². The first kappa shape index (κ1) is 20.3. The predicted octanol–water partition coefficient (Wildman–Crippen LogP) is 7.65. The number of benzene rings is 3. The summed E-state index contributed by atoms with van der Waals surface area (Å²) in [5.74, 6) is -0.451. The Morgan fingerprint density at radius 3 is 2.47 bits per heavy atom. The second kappa shape index (κ2) is 8.44. The molecule has 4 nitrogen and oxygen atoms in total. The maximum atomic E-state index is 14.2. The van der Waals surface area contributed by atoms with E-state index in [2.05, 4.69) is 4.98 Å². The van der Waals surface area contributed by atoms with E-state index in [1.807, 2.05) is 11.4 Å². The quantitative estimate of drug-likeness (QED) is 0.251. The van der Waals surface area contributed by atoms with E-state index in [-0.39, 0.29) is 11.3 Å². The minimum atomic E-state index is -1.49. The molecule has 3 aromatic carbocycles. The van der Waals surface area contributed by atoms with Crippen LogP contribution in [0.1, 0.15) is 0 Å². The molecule has 1 N–H and O–H groups in total. The van der Waals surface area contributed by atoms with Crippen LogP contribution in [0.3, 0.4) is 0 Å². The molecular weight excluding hydrogens is 448 g/mol. The van der Waals surface area contributed by atoms with Gasteiger partial charge in [-0.15, -0.1) is 11.3 Å². The molecule has 0 bridgehead atoms. The van der Waals surface area contributed by atoms with Crippen LogP contribution in [-0.2, 0) is 0 Å². The van der Waals surface area contributed by atoms with E-state index in [4.69, 9.17) is 33.0 Å². The topological polar surface area (TPSA) is 59.4 Å². The third kappa shape index (κ3) is 4.16. The fraction of sp³-hybridized carbons (Fsp3) is 0. The van der Waals surface area contributed by atoms with Gasteiger partial charge in [0, 0.05) is 27.6 Å². The standard InChI is InChI=1S/C22H12Cl2FNO3S/c23-16-8-6-12(9-17(16)24)19-11-30-21(26-19)13-5-7-15(20(10-13)29-22(27)28)14-3-1-2-4-18(14)25/h1-11H,(H,27,28). The largest absolute Gasteiger partial charge is 0.511 e. The highest BCUT2D eigenvalue weighted by atomic mass is 35.5. The van der Waals surface area contributed by atoms with Crippen molar-refractivity contribution in [3.63, 3.8) is 0 Å². The molecule has 0 saturated heterocycles. The average molecular weight is 460 g/mol. The van der Waals surface area contributed by atoms with Crippen LogP contribution in [0.25, 0.3) is 33.0 Å². The highest BCUT2D eigenvalue weighted by molar-refractivity contribution is 7.13. The first-order valence-electron chi connectivity index (χ1n) is 8.63. The summed E-state index contributed by atoms with van der Waals surface area (Å²) in [6.07, 6.45) is -1.49. The molecule has 0 aliphatic rings. The van der Waals surface area contributed by atoms with Gasteiger partial charge >= 0.3 is 6.16 Å². The van der Waals surface area contributed by atoms with E-state index in [1.54, 1.807) is 42.5 Å². The van der Waals surface area contributed by atoms with Gasteiger partial charge in [-0.3, -0.25) is 0 Å². The fourth-order valence-electron chi connectivity index (χ4n) is 2.93. The molecule has 0 aliphatic heterocycles. The number of rotatable bonds is 4. The lowest BCUT2D eigenvalue weighted by Crippen LogP contribution is -2.04. The summed E-state index contributed by atoms with van der Waals surface area (Å²) >= 11 is 13.4. The predicted molar refractivity (Wildman–Crippen MR) is 117 cm³/mol. The lowest BCUT2D eigenvalue weighted by molar-refractivity contribution is 0.144. The van der Waals surface area contributed by atoms with E-state index in [0.29, 0.717) is 31.9 Å². The second-order valence-electron chi connectivity index (χ2n) is 6.23. The molecule has 4 rings (SSSR count). The van der Waals surface area contributed by atoms with Crippen LogP contribution in [0, 0.1) is 5.82 Å². The molecule has 0 saturated carbocycles. The number of thiazole rings is 1. The molecule has 1 heterocycles. The van der Waals surface area contributed by atoms with Gasteiger partial charge < -0.3 is 9.84 Å². The van der Waals surface area contributed by atoms with Crippen LogP contribution in [0.15, 0.2) is 66.0 Å². The third-order valence-electron chi connectivity index (χ3n) is 4.31. The molecule has 0 amide bonds. The van der Waals surface area contributed by atoms with Gasteiger partial charge in [0.25, 0.3) is 0 Å². The highest BCUT2D eigenvalue weighted by Gasteiger charge is 2.16. The Hall–Kier alpha value is -2.93. The minimum absolute atomic E-state index is 0.0244. The van der Waals surface area contributed by atoms with Crippen molar-refractivity contribution in [3.8, 4) is 38.7 Å². The van der Waals surface area contributed by atoms with Gasteiger partial charge in [-0.2, -0.15) is 0 Å². The van der Waals surface area contributed by atoms with Crippen LogP contribution >= 0.6 is 34.5 Å².